The zero-order chi connectivity index (χ0) is 11.9. The number of nitrogens with one attached hydrogen (secondary N) is 1. The van der Waals surface area contributed by atoms with Crippen LogP contribution in [0.5, 0.6) is 0 Å². The van der Waals surface area contributed by atoms with Gasteiger partial charge in [0.15, 0.2) is 0 Å². The fourth-order valence-corrected chi connectivity index (χ4v) is 2.69. The Morgan fingerprint density at radius 1 is 1.50 bits per heavy atom. The number of fused-ring (bicyclic) bond motifs is 1. The lowest BCUT2D eigenvalue weighted by Crippen LogP contribution is -2.22. The molecule has 0 fully saturated rings. The van der Waals surface area contributed by atoms with Gasteiger partial charge < -0.3 is 10.1 Å². The normalized spacial score (nSPS) is 18.2. The topological polar surface area (TPSA) is 53.1 Å². The van der Waals surface area contributed by atoms with Crippen LogP contribution in [0.15, 0.2) is 0 Å². The first kappa shape index (κ1) is 11.2. The molecule has 1 aromatic rings. The zero-order valence-electron chi connectivity index (χ0n) is 10.2. The summed E-state index contributed by atoms with van der Waals surface area (Å²) in [5, 5.41) is 9.14. The third-order valence-corrected chi connectivity index (χ3v) is 3.58. The van der Waals surface area contributed by atoms with Crippen molar-refractivity contribution in [2.75, 3.05) is 0 Å². The lowest BCUT2D eigenvalue weighted by Gasteiger charge is -2.29. The lowest BCUT2D eigenvalue weighted by molar-refractivity contribution is 0.0689. The van der Waals surface area contributed by atoms with E-state index in [2.05, 4.69) is 18.8 Å². The van der Waals surface area contributed by atoms with Crippen molar-refractivity contribution in [1.82, 2.24) is 4.98 Å². The first-order valence-corrected chi connectivity index (χ1v) is 5.90. The van der Waals surface area contributed by atoms with Crippen molar-refractivity contribution < 1.29 is 9.90 Å². The molecule has 3 nitrogen and oxygen atoms in total. The number of hydrogen-bond acceptors (Lipinski definition) is 1. The number of aromatic carboxylic acids is 1. The summed E-state index contributed by atoms with van der Waals surface area (Å²) in [7, 11) is 0. The summed E-state index contributed by atoms with van der Waals surface area (Å²) >= 11 is 0. The van der Waals surface area contributed by atoms with E-state index in [-0.39, 0.29) is 0 Å². The number of H-pyrrole nitrogens is 1. The summed E-state index contributed by atoms with van der Waals surface area (Å²) in [4.78, 5) is 14.2. The van der Waals surface area contributed by atoms with Crippen LogP contribution in [0.2, 0.25) is 0 Å². The molecule has 0 aliphatic heterocycles. The van der Waals surface area contributed by atoms with Crippen molar-refractivity contribution in [3.63, 3.8) is 0 Å². The quantitative estimate of drug-likeness (QED) is 0.806. The largest absolute Gasteiger partial charge is 0.477 e. The van der Waals surface area contributed by atoms with Gasteiger partial charge >= 0.3 is 5.97 Å². The van der Waals surface area contributed by atoms with Gasteiger partial charge in [-0.05, 0) is 42.2 Å². The fraction of sp³-hybridized carbons (Fsp3) is 0.615. The van der Waals surface area contributed by atoms with Gasteiger partial charge in [0.05, 0.1) is 0 Å². The molecule has 0 saturated carbocycles. The van der Waals surface area contributed by atoms with E-state index in [0.717, 1.165) is 36.9 Å². The van der Waals surface area contributed by atoms with Crippen molar-refractivity contribution in [3.8, 4) is 0 Å². The Morgan fingerprint density at radius 2 is 2.19 bits per heavy atom. The molecule has 2 rings (SSSR count). The number of aromatic nitrogens is 1. The van der Waals surface area contributed by atoms with E-state index in [1.807, 2.05) is 6.92 Å². The fourth-order valence-electron chi connectivity index (χ4n) is 2.69. The number of carboxylic acids is 1. The molecule has 1 aromatic heterocycles. The molecule has 0 atom stereocenters. The molecule has 0 radical (unpaired) electrons. The summed E-state index contributed by atoms with van der Waals surface area (Å²) in [6.07, 6.45) is 3.91. The molecule has 0 unspecified atom stereocenters. The first-order valence-electron chi connectivity index (χ1n) is 5.90. The van der Waals surface area contributed by atoms with E-state index in [9.17, 15) is 4.79 Å². The van der Waals surface area contributed by atoms with E-state index in [0.29, 0.717) is 11.1 Å². The van der Waals surface area contributed by atoms with Gasteiger partial charge in [-0.2, -0.15) is 0 Å². The van der Waals surface area contributed by atoms with Gasteiger partial charge in [0.1, 0.15) is 5.69 Å². The van der Waals surface area contributed by atoms with Crippen LogP contribution in [0, 0.1) is 5.41 Å². The monoisotopic (exact) mass is 221 g/mol. The molecule has 1 aliphatic carbocycles. The van der Waals surface area contributed by atoms with Crippen LogP contribution in [-0.4, -0.2) is 16.1 Å². The van der Waals surface area contributed by atoms with Crippen molar-refractivity contribution in [2.45, 2.75) is 46.5 Å². The van der Waals surface area contributed by atoms with E-state index < -0.39 is 5.97 Å². The molecular formula is C13H19NO2. The Balaban J connectivity index is 2.48. The van der Waals surface area contributed by atoms with Gasteiger partial charge in [-0.25, -0.2) is 4.79 Å². The predicted octanol–water partition coefficient (Wildman–Crippen LogP) is 2.79. The third-order valence-electron chi connectivity index (χ3n) is 3.58. The standard InChI is InChI=1S/C13H19NO2/c1-4-8-9-5-6-13(2,3)7-10(9)14-11(8)12(15)16/h14H,4-7H2,1-3H3,(H,15,16). The van der Waals surface area contributed by atoms with Crippen LogP contribution in [0.1, 0.15) is 54.5 Å². The summed E-state index contributed by atoms with van der Waals surface area (Å²) < 4.78 is 0. The number of rotatable bonds is 2. The summed E-state index contributed by atoms with van der Waals surface area (Å²) in [5.41, 5.74) is 4.12. The van der Waals surface area contributed by atoms with Gasteiger partial charge in [-0.15, -0.1) is 0 Å². The maximum absolute atomic E-state index is 11.1. The highest BCUT2D eigenvalue weighted by Crippen LogP contribution is 2.37. The average molecular weight is 221 g/mol. The molecule has 3 heteroatoms. The van der Waals surface area contributed by atoms with Crippen molar-refractivity contribution >= 4 is 5.97 Å². The average Bonchev–Trinajstić information content (AvgIpc) is 2.53. The molecule has 2 N–H and O–H groups in total. The molecule has 0 bridgehead atoms. The van der Waals surface area contributed by atoms with Crippen LogP contribution in [0.4, 0.5) is 0 Å². The molecule has 1 aliphatic rings. The molecule has 0 saturated heterocycles. The Bertz CT molecular complexity index is 429. The van der Waals surface area contributed by atoms with E-state index >= 15 is 0 Å². The van der Waals surface area contributed by atoms with E-state index in [4.69, 9.17) is 5.11 Å². The molecule has 0 amide bonds. The van der Waals surface area contributed by atoms with E-state index in [1.54, 1.807) is 0 Å². The molecule has 16 heavy (non-hydrogen) atoms. The molecule has 1 heterocycles. The highest BCUT2D eigenvalue weighted by Gasteiger charge is 2.30. The number of hydrogen-bond donors (Lipinski definition) is 2. The van der Waals surface area contributed by atoms with Crippen LogP contribution >= 0.6 is 0 Å². The minimum absolute atomic E-state index is 0.290. The Kier molecular flexibility index (Phi) is 2.56. The molecule has 88 valence electrons. The maximum Gasteiger partial charge on any atom is 0.352 e. The molecule has 0 spiro atoms. The maximum atomic E-state index is 11.1. The van der Waals surface area contributed by atoms with Gasteiger partial charge in [0, 0.05) is 5.69 Å². The SMILES string of the molecule is CCc1c(C(=O)O)[nH]c2c1CCC(C)(C)C2. The van der Waals surface area contributed by atoms with Crippen molar-refractivity contribution in [3.05, 3.63) is 22.5 Å². The van der Waals surface area contributed by atoms with Gasteiger partial charge in [-0.1, -0.05) is 20.8 Å². The molecule has 0 aromatic carbocycles. The second kappa shape index (κ2) is 3.65. The van der Waals surface area contributed by atoms with Gasteiger partial charge in [-0.3, -0.25) is 0 Å². The van der Waals surface area contributed by atoms with Gasteiger partial charge in [0.25, 0.3) is 0 Å². The van der Waals surface area contributed by atoms with Crippen LogP contribution in [0.3, 0.4) is 0 Å². The smallest absolute Gasteiger partial charge is 0.352 e. The van der Waals surface area contributed by atoms with E-state index in [1.165, 1.54) is 5.56 Å². The van der Waals surface area contributed by atoms with Gasteiger partial charge in [0.2, 0.25) is 0 Å². The minimum atomic E-state index is -0.830. The van der Waals surface area contributed by atoms with Crippen molar-refractivity contribution in [2.24, 2.45) is 5.41 Å². The summed E-state index contributed by atoms with van der Waals surface area (Å²) in [6, 6.07) is 0. The Labute approximate surface area is 95.9 Å². The van der Waals surface area contributed by atoms with Crippen LogP contribution in [-0.2, 0) is 19.3 Å². The Hall–Kier alpha value is -1.25. The second-order valence-corrected chi connectivity index (χ2v) is 5.44. The number of carboxylic acid groups (broad SMARTS) is 1. The lowest BCUT2D eigenvalue weighted by atomic mass is 9.76. The van der Waals surface area contributed by atoms with Crippen LogP contribution in [0.25, 0.3) is 0 Å². The van der Waals surface area contributed by atoms with Crippen LogP contribution < -0.4 is 0 Å². The highest BCUT2D eigenvalue weighted by atomic mass is 16.4. The minimum Gasteiger partial charge on any atom is -0.477 e. The summed E-state index contributed by atoms with van der Waals surface area (Å²) in [5.74, 6) is -0.830. The van der Waals surface area contributed by atoms with Crippen molar-refractivity contribution in [1.29, 1.82) is 0 Å². The predicted molar refractivity (Wildman–Crippen MR) is 62.9 cm³/mol. The number of aromatic amines is 1. The summed E-state index contributed by atoms with van der Waals surface area (Å²) in [6.45, 7) is 6.50. The highest BCUT2D eigenvalue weighted by molar-refractivity contribution is 5.88. The Morgan fingerprint density at radius 3 is 2.75 bits per heavy atom. The third kappa shape index (κ3) is 1.75. The first-order chi connectivity index (χ1) is 7.44. The second-order valence-electron chi connectivity index (χ2n) is 5.44. The number of carbonyl (C=O) groups is 1. The molecular weight excluding hydrogens is 202 g/mol. The zero-order valence-corrected chi connectivity index (χ0v) is 10.2.